The van der Waals surface area contributed by atoms with Crippen molar-refractivity contribution in [2.75, 3.05) is 11.5 Å². The summed E-state index contributed by atoms with van der Waals surface area (Å²) in [6.45, 7) is 0.823. The van der Waals surface area contributed by atoms with E-state index >= 15 is 0 Å². The van der Waals surface area contributed by atoms with Crippen molar-refractivity contribution in [3.05, 3.63) is 59.6 Å². The summed E-state index contributed by atoms with van der Waals surface area (Å²) in [7, 11) is 0. The number of hydrogen-bond donors (Lipinski definition) is 2. The molecule has 0 atom stereocenters. The van der Waals surface area contributed by atoms with E-state index in [4.69, 9.17) is 11.5 Å². The van der Waals surface area contributed by atoms with Crippen LogP contribution in [0.5, 0.6) is 0 Å². The van der Waals surface area contributed by atoms with Crippen LogP contribution in [0.1, 0.15) is 4.88 Å². The van der Waals surface area contributed by atoms with Gasteiger partial charge in [-0.05, 0) is 35.7 Å². The molecular weight excluding hydrogens is 330 g/mol. The second kappa shape index (κ2) is 5.19. The molecule has 0 radical (unpaired) electrons. The normalized spacial score (nSPS) is 11.7. The van der Waals surface area contributed by atoms with Crippen LogP contribution >= 0.6 is 11.3 Å². The first-order chi connectivity index (χ1) is 12.2. The molecule has 5 rings (SSSR count). The van der Waals surface area contributed by atoms with Crippen molar-refractivity contribution in [1.82, 2.24) is 14.5 Å². The average Bonchev–Trinajstić information content (AvgIpc) is 3.18. The molecule has 3 heterocycles. The molecular formula is C19H15N5S. The first-order valence-corrected chi connectivity index (χ1v) is 8.79. The average molecular weight is 345 g/mol. The van der Waals surface area contributed by atoms with E-state index in [9.17, 15) is 0 Å². The molecule has 0 aliphatic heterocycles. The minimum absolute atomic E-state index is 0.203. The van der Waals surface area contributed by atoms with E-state index in [-0.39, 0.29) is 5.95 Å². The fourth-order valence-corrected chi connectivity index (χ4v) is 4.44. The Balaban J connectivity index is 1.65. The lowest BCUT2D eigenvalue weighted by Crippen LogP contribution is -2.01. The predicted octanol–water partition coefficient (Wildman–Crippen LogP) is 4.01. The van der Waals surface area contributed by atoms with Gasteiger partial charge in [0.15, 0.2) is 0 Å². The summed E-state index contributed by atoms with van der Waals surface area (Å²) in [5.41, 5.74) is 13.7. The number of aromatic nitrogens is 3. The zero-order chi connectivity index (χ0) is 17.0. The maximum Gasteiger partial charge on any atom is 0.222 e. The molecule has 0 saturated carbocycles. The summed E-state index contributed by atoms with van der Waals surface area (Å²) in [5, 5.41) is 3.20. The van der Waals surface area contributed by atoms with Gasteiger partial charge in [0.1, 0.15) is 5.82 Å². The summed E-state index contributed by atoms with van der Waals surface area (Å²) in [6, 6.07) is 16.8. The van der Waals surface area contributed by atoms with Gasteiger partial charge in [-0.3, -0.25) is 0 Å². The van der Waals surface area contributed by atoms with E-state index < -0.39 is 0 Å². The topological polar surface area (TPSA) is 82.7 Å². The Bertz CT molecular complexity index is 1220. The first-order valence-electron chi connectivity index (χ1n) is 7.97. The molecule has 2 aromatic carbocycles. The maximum absolute atomic E-state index is 6.10. The Morgan fingerprint density at radius 2 is 1.88 bits per heavy atom. The van der Waals surface area contributed by atoms with Gasteiger partial charge in [-0.25, -0.2) is 4.98 Å². The Hall–Kier alpha value is -3.12. The van der Waals surface area contributed by atoms with Gasteiger partial charge in [0.05, 0.1) is 17.4 Å². The highest BCUT2D eigenvalue weighted by molar-refractivity contribution is 7.19. The molecule has 25 heavy (non-hydrogen) atoms. The van der Waals surface area contributed by atoms with Crippen molar-refractivity contribution in [3.8, 4) is 0 Å². The first kappa shape index (κ1) is 14.2. The van der Waals surface area contributed by atoms with Crippen LogP contribution in [0, 0.1) is 0 Å². The van der Waals surface area contributed by atoms with Crippen molar-refractivity contribution in [3.63, 3.8) is 0 Å². The van der Waals surface area contributed by atoms with Crippen LogP contribution in [0.15, 0.2) is 54.7 Å². The molecule has 0 amide bonds. The van der Waals surface area contributed by atoms with E-state index in [0.717, 1.165) is 28.4 Å². The summed E-state index contributed by atoms with van der Waals surface area (Å²) in [5.74, 6) is 0.627. The van der Waals surface area contributed by atoms with Crippen molar-refractivity contribution < 1.29 is 0 Å². The monoisotopic (exact) mass is 345 g/mol. The molecule has 0 aliphatic rings. The minimum Gasteiger partial charge on any atom is -0.383 e. The number of anilines is 2. The van der Waals surface area contributed by atoms with Crippen LogP contribution < -0.4 is 11.5 Å². The van der Waals surface area contributed by atoms with E-state index in [0.29, 0.717) is 5.82 Å². The Kier molecular flexibility index (Phi) is 2.96. The van der Waals surface area contributed by atoms with Crippen LogP contribution in [0.4, 0.5) is 11.8 Å². The third kappa shape index (κ3) is 2.22. The SMILES string of the molecule is Nc1nc(N)c2c(ccc3c2ccn3Cc2cc3ccccc3s2)n1. The lowest BCUT2D eigenvalue weighted by atomic mass is 10.1. The van der Waals surface area contributed by atoms with Crippen molar-refractivity contribution in [1.29, 1.82) is 0 Å². The molecule has 6 heteroatoms. The summed E-state index contributed by atoms with van der Waals surface area (Å²) in [6.07, 6.45) is 2.09. The second-order valence-corrected chi connectivity index (χ2v) is 7.22. The van der Waals surface area contributed by atoms with Crippen molar-refractivity contribution >= 4 is 55.0 Å². The number of hydrogen-bond acceptors (Lipinski definition) is 5. The quantitative estimate of drug-likeness (QED) is 0.506. The molecule has 4 N–H and O–H groups in total. The fourth-order valence-electron chi connectivity index (χ4n) is 3.37. The number of thiophene rings is 1. The highest BCUT2D eigenvalue weighted by Gasteiger charge is 2.11. The van der Waals surface area contributed by atoms with Gasteiger partial charge in [-0.15, -0.1) is 11.3 Å². The predicted molar refractivity (Wildman–Crippen MR) is 105 cm³/mol. The zero-order valence-corrected chi connectivity index (χ0v) is 14.1. The fraction of sp³-hybridized carbons (Fsp3) is 0.0526. The lowest BCUT2D eigenvalue weighted by molar-refractivity contribution is 0.852. The number of nitrogens with zero attached hydrogens (tertiary/aromatic N) is 3. The highest BCUT2D eigenvalue weighted by atomic mass is 32.1. The van der Waals surface area contributed by atoms with Gasteiger partial charge in [-0.2, -0.15) is 4.98 Å². The molecule has 122 valence electrons. The molecule has 0 bridgehead atoms. The zero-order valence-electron chi connectivity index (χ0n) is 13.3. The van der Waals surface area contributed by atoms with Gasteiger partial charge < -0.3 is 16.0 Å². The molecule has 0 aliphatic carbocycles. The number of fused-ring (bicyclic) bond motifs is 4. The Labute approximate surface area is 147 Å². The Morgan fingerprint density at radius 1 is 1.00 bits per heavy atom. The number of nitrogens with two attached hydrogens (primary N) is 2. The van der Waals surface area contributed by atoms with Crippen LogP contribution in [0.2, 0.25) is 0 Å². The van der Waals surface area contributed by atoms with E-state index in [1.807, 2.05) is 17.4 Å². The van der Waals surface area contributed by atoms with E-state index in [2.05, 4.69) is 63.2 Å². The number of nitrogen functional groups attached to an aromatic ring is 2. The molecule has 0 spiro atoms. The molecule has 5 nitrogen and oxygen atoms in total. The third-order valence-corrected chi connectivity index (χ3v) is 5.56. The smallest absolute Gasteiger partial charge is 0.222 e. The number of rotatable bonds is 2. The standard InChI is InChI=1S/C19H15N5S/c20-18-17-13-7-8-24(15(13)6-5-14(17)22-19(21)23-18)10-12-9-11-3-1-2-4-16(11)25-12/h1-9H,10H2,(H4,20,21,22,23). The minimum atomic E-state index is 0.203. The van der Waals surface area contributed by atoms with Crippen LogP contribution in [0.25, 0.3) is 31.9 Å². The molecule has 3 aromatic heterocycles. The van der Waals surface area contributed by atoms with Gasteiger partial charge in [0.2, 0.25) is 5.95 Å². The van der Waals surface area contributed by atoms with Gasteiger partial charge in [0, 0.05) is 26.7 Å². The van der Waals surface area contributed by atoms with Gasteiger partial charge >= 0.3 is 0 Å². The van der Waals surface area contributed by atoms with Crippen LogP contribution in [-0.4, -0.2) is 14.5 Å². The summed E-state index contributed by atoms with van der Waals surface area (Å²) < 4.78 is 3.54. The van der Waals surface area contributed by atoms with E-state index in [1.165, 1.54) is 15.0 Å². The summed E-state index contributed by atoms with van der Waals surface area (Å²) >= 11 is 1.83. The van der Waals surface area contributed by atoms with Crippen molar-refractivity contribution in [2.24, 2.45) is 0 Å². The van der Waals surface area contributed by atoms with Crippen LogP contribution in [-0.2, 0) is 6.54 Å². The van der Waals surface area contributed by atoms with Crippen molar-refractivity contribution in [2.45, 2.75) is 6.54 Å². The second-order valence-electron chi connectivity index (χ2n) is 6.05. The van der Waals surface area contributed by atoms with Gasteiger partial charge in [0.25, 0.3) is 0 Å². The molecule has 5 aromatic rings. The molecule has 0 saturated heterocycles. The number of benzene rings is 2. The van der Waals surface area contributed by atoms with Crippen LogP contribution in [0.3, 0.4) is 0 Å². The Morgan fingerprint density at radius 3 is 2.76 bits per heavy atom. The molecule has 0 unspecified atom stereocenters. The van der Waals surface area contributed by atoms with E-state index in [1.54, 1.807) is 0 Å². The summed E-state index contributed by atoms with van der Waals surface area (Å²) in [4.78, 5) is 9.72. The largest absolute Gasteiger partial charge is 0.383 e. The maximum atomic E-state index is 6.10. The third-order valence-electron chi connectivity index (χ3n) is 4.46. The highest BCUT2D eigenvalue weighted by Crippen LogP contribution is 2.31. The molecule has 0 fully saturated rings. The van der Waals surface area contributed by atoms with Gasteiger partial charge in [-0.1, -0.05) is 18.2 Å². The lowest BCUT2D eigenvalue weighted by Gasteiger charge is -2.06.